The summed E-state index contributed by atoms with van der Waals surface area (Å²) in [6, 6.07) is 7.94. The number of benzene rings is 2. The van der Waals surface area contributed by atoms with Gasteiger partial charge in [-0.05, 0) is 50.2 Å². The number of alkyl halides is 3. The number of ether oxygens (including phenoxy) is 1. The van der Waals surface area contributed by atoms with Gasteiger partial charge in [-0.1, -0.05) is 15.9 Å². The average molecular weight is 441 g/mol. The highest BCUT2D eigenvalue weighted by Crippen LogP contribution is 2.46. The van der Waals surface area contributed by atoms with Crippen LogP contribution in [0.1, 0.15) is 25.1 Å². The van der Waals surface area contributed by atoms with Gasteiger partial charge in [0.05, 0.1) is 11.3 Å². The van der Waals surface area contributed by atoms with Crippen LogP contribution < -0.4 is 4.74 Å². The Balaban J connectivity index is 1.95. The van der Waals surface area contributed by atoms with Crippen LogP contribution in [-0.4, -0.2) is 9.97 Å². The first kappa shape index (κ1) is 18.0. The monoisotopic (exact) mass is 440 g/mol. The van der Waals surface area contributed by atoms with Gasteiger partial charge < -0.3 is 9.72 Å². The highest BCUT2D eigenvalue weighted by Gasteiger charge is 2.39. The fourth-order valence-electron chi connectivity index (χ4n) is 3.20. The lowest BCUT2D eigenvalue weighted by Crippen LogP contribution is -2.29. The van der Waals surface area contributed by atoms with Crippen LogP contribution in [0.25, 0.3) is 22.6 Å². The molecule has 8 heteroatoms. The van der Waals surface area contributed by atoms with Crippen LogP contribution in [0.15, 0.2) is 40.9 Å². The van der Waals surface area contributed by atoms with E-state index in [0.29, 0.717) is 28.8 Å². The Bertz CT molecular complexity index is 1060. The van der Waals surface area contributed by atoms with Gasteiger partial charge in [0.25, 0.3) is 0 Å². The molecule has 0 saturated carbocycles. The number of fused-ring (bicyclic) bond motifs is 3. The molecule has 1 aliphatic heterocycles. The van der Waals surface area contributed by atoms with Crippen molar-refractivity contribution in [3.8, 4) is 28.4 Å². The number of imidazole rings is 1. The fourth-order valence-corrected chi connectivity index (χ4v) is 3.54. The van der Waals surface area contributed by atoms with Crippen molar-refractivity contribution < 1.29 is 22.3 Å². The molecule has 1 aliphatic rings. The molecule has 2 aromatic carbocycles. The van der Waals surface area contributed by atoms with Gasteiger partial charge in [-0.15, -0.1) is 0 Å². The molecule has 0 aliphatic carbocycles. The van der Waals surface area contributed by atoms with Gasteiger partial charge in [0.2, 0.25) is 0 Å². The van der Waals surface area contributed by atoms with Crippen LogP contribution in [0, 0.1) is 5.82 Å². The second kappa shape index (κ2) is 5.82. The van der Waals surface area contributed by atoms with E-state index in [4.69, 9.17) is 4.74 Å². The topological polar surface area (TPSA) is 37.9 Å². The maximum Gasteiger partial charge on any atom is 0.417 e. The van der Waals surface area contributed by atoms with Crippen LogP contribution in [-0.2, 0) is 11.8 Å². The lowest BCUT2D eigenvalue weighted by Gasteiger charge is -2.31. The second-order valence-electron chi connectivity index (χ2n) is 6.75. The number of hydrogen-bond donors (Lipinski definition) is 1. The summed E-state index contributed by atoms with van der Waals surface area (Å²) in [6.45, 7) is 3.57. The minimum absolute atomic E-state index is 0.0137. The molecule has 0 radical (unpaired) electrons. The molecule has 0 saturated heterocycles. The Hall–Kier alpha value is -2.35. The number of hydrogen-bond acceptors (Lipinski definition) is 2. The molecular formula is C19H13BrF4N2O. The van der Waals surface area contributed by atoms with Crippen molar-refractivity contribution >= 4 is 15.9 Å². The van der Waals surface area contributed by atoms with Gasteiger partial charge in [0.15, 0.2) is 0 Å². The van der Waals surface area contributed by atoms with E-state index in [-0.39, 0.29) is 11.4 Å². The SMILES string of the molecule is CC1(C)Oc2cc(Br)ccc2-c2[nH]c(-c3ccc(F)cc3C(F)(F)F)nc21. The Kier molecular flexibility index (Phi) is 3.89. The Morgan fingerprint density at radius 1 is 1.07 bits per heavy atom. The normalized spacial score (nSPS) is 15.1. The van der Waals surface area contributed by atoms with Crippen molar-refractivity contribution in [2.24, 2.45) is 0 Å². The van der Waals surface area contributed by atoms with Gasteiger partial charge in [-0.25, -0.2) is 9.37 Å². The molecule has 0 spiro atoms. The molecule has 3 aromatic rings. The van der Waals surface area contributed by atoms with Gasteiger partial charge in [-0.3, -0.25) is 0 Å². The number of nitrogens with one attached hydrogen (secondary N) is 1. The zero-order valence-electron chi connectivity index (χ0n) is 14.2. The third-order valence-corrected chi connectivity index (χ3v) is 4.89. The molecule has 1 N–H and O–H groups in total. The van der Waals surface area contributed by atoms with Gasteiger partial charge >= 0.3 is 6.18 Å². The number of H-pyrrole nitrogens is 1. The lowest BCUT2D eigenvalue weighted by molar-refractivity contribution is -0.137. The molecule has 0 unspecified atom stereocenters. The first-order valence-electron chi connectivity index (χ1n) is 8.03. The van der Waals surface area contributed by atoms with Crippen LogP contribution >= 0.6 is 15.9 Å². The molecule has 1 aromatic heterocycles. The Labute approximate surface area is 160 Å². The Morgan fingerprint density at radius 3 is 2.48 bits per heavy atom. The summed E-state index contributed by atoms with van der Waals surface area (Å²) in [6.07, 6.45) is -4.71. The van der Waals surface area contributed by atoms with Gasteiger partial charge in [-0.2, -0.15) is 13.2 Å². The minimum atomic E-state index is -4.71. The zero-order chi connectivity index (χ0) is 19.6. The molecule has 0 amide bonds. The largest absolute Gasteiger partial charge is 0.481 e. The summed E-state index contributed by atoms with van der Waals surface area (Å²) in [5, 5.41) is 0. The maximum absolute atomic E-state index is 13.4. The second-order valence-corrected chi connectivity index (χ2v) is 7.67. The van der Waals surface area contributed by atoms with Crippen molar-refractivity contribution in [1.82, 2.24) is 9.97 Å². The van der Waals surface area contributed by atoms with Crippen LogP contribution in [0.3, 0.4) is 0 Å². The predicted molar refractivity (Wildman–Crippen MR) is 95.8 cm³/mol. The van der Waals surface area contributed by atoms with Crippen LogP contribution in [0.2, 0.25) is 0 Å². The van der Waals surface area contributed by atoms with Crippen molar-refractivity contribution in [1.29, 1.82) is 0 Å². The van der Waals surface area contributed by atoms with Crippen molar-refractivity contribution in [2.75, 3.05) is 0 Å². The number of nitrogens with zero attached hydrogens (tertiary/aromatic N) is 1. The van der Waals surface area contributed by atoms with Crippen molar-refractivity contribution in [3.05, 3.63) is 57.9 Å². The lowest BCUT2D eigenvalue weighted by atomic mass is 9.95. The van der Waals surface area contributed by atoms with E-state index >= 15 is 0 Å². The first-order chi connectivity index (χ1) is 12.6. The highest BCUT2D eigenvalue weighted by atomic mass is 79.9. The van der Waals surface area contributed by atoms with E-state index in [0.717, 1.165) is 16.6 Å². The summed E-state index contributed by atoms with van der Waals surface area (Å²) < 4.78 is 60.4. The summed E-state index contributed by atoms with van der Waals surface area (Å²) >= 11 is 3.38. The average Bonchev–Trinajstić information content (AvgIpc) is 2.99. The summed E-state index contributed by atoms with van der Waals surface area (Å²) in [7, 11) is 0. The number of halogens is 5. The summed E-state index contributed by atoms with van der Waals surface area (Å²) in [5.41, 5.74) is -0.375. The van der Waals surface area contributed by atoms with E-state index in [2.05, 4.69) is 25.9 Å². The van der Waals surface area contributed by atoms with E-state index in [1.807, 2.05) is 6.07 Å². The molecule has 27 heavy (non-hydrogen) atoms. The van der Waals surface area contributed by atoms with Crippen molar-refractivity contribution in [2.45, 2.75) is 25.6 Å². The standard InChI is InChI=1S/C19H13BrF4N2O/c1-18(2)16-15(12-5-3-9(20)7-14(12)27-18)25-17(26-16)11-6-4-10(21)8-13(11)19(22,23)24/h3-8H,1-2H3,(H,25,26). The number of aromatic amines is 1. The molecule has 0 bridgehead atoms. The highest BCUT2D eigenvalue weighted by molar-refractivity contribution is 9.10. The zero-order valence-corrected chi connectivity index (χ0v) is 15.8. The summed E-state index contributed by atoms with van der Waals surface area (Å²) in [5.74, 6) is -0.353. The quantitative estimate of drug-likeness (QED) is 0.451. The van der Waals surface area contributed by atoms with Gasteiger partial charge in [0, 0.05) is 15.6 Å². The van der Waals surface area contributed by atoms with E-state index in [1.165, 1.54) is 0 Å². The molecule has 3 nitrogen and oxygen atoms in total. The molecule has 2 heterocycles. The molecule has 0 fully saturated rings. The number of aromatic nitrogens is 2. The van der Waals surface area contributed by atoms with E-state index in [1.54, 1.807) is 26.0 Å². The fraction of sp³-hybridized carbons (Fsp3) is 0.211. The smallest absolute Gasteiger partial charge is 0.417 e. The van der Waals surface area contributed by atoms with E-state index < -0.39 is 23.2 Å². The third-order valence-electron chi connectivity index (χ3n) is 4.39. The molecular weight excluding hydrogens is 428 g/mol. The number of rotatable bonds is 1. The predicted octanol–water partition coefficient (Wildman–Crippen LogP) is 6.29. The molecule has 140 valence electrons. The van der Waals surface area contributed by atoms with Crippen LogP contribution in [0.5, 0.6) is 5.75 Å². The summed E-state index contributed by atoms with van der Waals surface area (Å²) in [4.78, 5) is 7.37. The Morgan fingerprint density at radius 2 is 1.78 bits per heavy atom. The van der Waals surface area contributed by atoms with E-state index in [9.17, 15) is 17.6 Å². The molecule has 0 atom stereocenters. The minimum Gasteiger partial charge on any atom is -0.481 e. The third kappa shape index (κ3) is 3.01. The maximum atomic E-state index is 13.4. The van der Waals surface area contributed by atoms with Crippen LogP contribution in [0.4, 0.5) is 17.6 Å². The van der Waals surface area contributed by atoms with Gasteiger partial charge in [0.1, 0.15) is 28.7 Å². The first-order valence-corrected chi connectivity index (χ1v) is 8.82. The van der Waals surface area contributed by atoms with Crippen molar-refractivity contribution in [3.63, 3.8) is 0 Å². The molecule has 4 rings (SSSR count).